The third kappa shape index (κ3) is 5.15. The summed E-state index contributed by atoms with van der Waals surface area (Å²) in [6, 6.07) is 5.59. The Hall–Kier alpha value is -2.93. The van der Waals surface area contributed by atoms with E-state index in [1.165, 1.54) is 32.1 Å². The maximum absolute atomic E-state index is 16.2. The Bertz CT molecular complexity index is 1660. The van der Waals surface area contributed by atoms with Crippen LogP contribution in [0.3, 0.4) is 0 Å². The lowest BCUT2D eigenvalue weighted by atomic mass is 9.91. The van der Waals surface area contributed by atoms with Crippen LogP contribution in [0.1, 0.15) is 38.5 Å². The van der Waals surface area contributed by atoms with E-state index in [1.807, 2.05) is 0 Å². The molecule has 0 radical (unpaired) electrons. The minimum atomic E-state index is -0.635. The van der Waals surface area contributed by atoms with Gasteiger partial charge >= 0.3 is 6.01 Å². The highest BCUT2D eigenvalue weighted by Gasteiger charge is 2.37. The number of piperidine rings is 1. The quantitative estimate of drug-likeness (QED) is 0.287. The molecule has 8 nitrogen and oxygen atoms in total. The highest BCUT2D eigenvalue weighted by atomic mass is 35.5. The van der Waals surface area contributed by atoms with Gasteiger partial charge in [-0.05, 0) is 63.3 Å². The normalized spacial score (nSPS) is 25.2. The Morgan fingerprint density at radius 1 is 1.05 bits per heavy atom. The Morgan fingerprint density at radius 3 is 2.56 bits per heavy atom. The van der Waals surface area contributed by atoms with Crippen LogP contribution in [0.25, 0.3) is 32.2 Å². The van der Waals surface area contributed by atoms with Gasteiger partial charge in [0.15, 0.2) is 10.9 Å². The number of rotatable bonds is 3. The number of methoxy groups -OCH3 is 1. The molecule has 4 aliphatic rings. The molecule has 0 aliphatic carbocycles. The number of piperazine rings is 1. The second-order valence-electron chi connectivity index (χ2n) is 11.7. The van der Waals surface area contributed by atoms with Gasteiger partial charge in [0.1, 0.15) is 23.3 Å². The predicted octanol–water partition coefficient (Wildman–Crippen LogP) is 5.95. The number of thiazole rings is 1. The summed E-state index contributed by atoms with van der Waals surface area (Å²) in [6.07, 6.45) is 5.99. The van der Waals surface area contributed by atoms with Gasteiger partial charge in [0.05, 0.1) is 22.3 Å². The second kappa shape index (κ2) is 11.5. The standard InChI is InChI=1S/C23H21ClF2N6OS.C7H12FN/c1-33-23-30-18-13(21(31-23)32-10-3-2-4-11(32)9-28-8-10)7-14(24)16(17(18)26)12-5-6-15(25)20-19(12)29-22(27)34-20;8-6-4-7-2-1-3-9(7)5-6/h5-7,10-11,28H,2-4,8-9H2,1H3,(H2,27,29);6-7H,1-5H2. The molecule has 0 saturated carbocycles. The van der Waals surface area contributed by atoms with Gasteiger partial charge in [-0.3, -0.25) is 4.90 Å². The maximum Gasteiger partial charge on any atom is 0.318 e. The molecule has 4 aromatic rings. The van der Waals surface area contributed by atoms with Gasteiger partial charge in [0, 0.05) is 54.3 Å². The first kappa shape index (κ1) is 28.8. The number of benzene rings is 2. The fraction of sp³-hybridized carbons (Fsp3) is 0.500. The molecule has 6 heterocycles. The van der Waals surface area contributed by atoms with Crippen LogP contribution in [0.15, 0.2) is 18.2 Å². The summed E-state index contributed by atoms with van der Waals surface area (Å²) in [7, 11) is 1.46. The van der Waals surface area contributed by atoms with Crippen molar-refractivity contribution >= 4 is 55.0 Å². The number of fused-ring (bicyclic) bond motifs is 5. The van der Waals surface area contributed by atoms with Crippen LogP contribution < -0.4 is 20.7 Å². The van der Waals surface area contributed by atoms with Crippen LogP contribution in [0.2, 0.25) is 5.02 Å². The van der Waals surface area contributed by atoms with E-state index in [-0.39, 0.29) is 49.5 Å². The highest BCUT2D eigenvalue weighted by Crippen LogP contribution is 2.44. The van der Waals surface area contributed by atoms with Gasteiger partial charge in [-0.15, -0.1) is 0 Å². The molecule has 2 bridgehead atoms. The van der Waals surface area contributed by atoms with Gasteiger partial charge in [-0.25, -0.2) is 18.2 Å². The van der Waals surface area contributed by atoms with Gasteiger partial charge < -0.3 is 20.7 Å². The lowest BCUT2D eigenvalue weighted by Crippen LogP contribution is -2.60. The average Bonchev–Trinajstić information content (AvgIpc) is 3.68. The van der Waals surface area contributed by atoms with Crippen molar-refractivity contribution in [1.82, 2.24) is 25.2 Å². The lowest BCUT2D eigenvalue weighted by Gasteiger charge is -2.47. The van der Waals surface area contributed by atoms with Crippen molar-refractivity contribution in [2.75, 3.05) is 43.9 Å². The summed E-state index contributed by atoms with van der Waals surface area (Å²) < 4.78 is 48.8. The smallest absolute Gasteiger partial charge is 0.318 e. The van der Waals surface area contributed by atoms with Crippen molar-refractivity contribution in [3.8, 4) is 17.1 Å². The van der Waals surface area contributed by atoms with E-state index in [4.69, 9.17) is 22.1 Å². The summed E-state index contributed by atoms with van der Waals surface area (Å²) in [4.78, 5) is 17.8. The second-order valence-corrected chi connectivity index (χ2v) is 13.2. The molecule has 0 amide bonds. The summed E-state index contributed by atoms with van der Waals surface area (Å²) >= 11 is 7.70. The van der Waals surface area contributed by atoms with E-state index in [0.29, 0.717) is 29.4 Å². The zero-order chi connectivity index (χ0) is 29.8. The van der Waals surface area contributed by atoms with Crippen LogP contribution in [0.4, 0.5) is 24.1 Å². The van der Waals surface area contributed by atoms with E-state index < -0.39 is 17.8 Å². The first-order valence-corrected chi connectivity index (χ1v) is 16.0. The van der Waals surface area contributed by atoms with Gasteiger partial charge in [0.25, 0.3) is 0 Å². The molecule has 228 valence electrons. The number of aromatic nitrogens is 3. The summed E-state index contributed by atoms with van der Waals surface area (Å²) in [5.74, 6) is -0.487. The van der Waals surface area contributed by atoms with E-state index in [9.17, 15) is 8.78 Å². The molecule has 2 aromatic carbocycles. The largest absolute Gasteiger partial charge is 0.467 e. The number of alkyl halides is 1. The third-order valence-corrected chi connectivity index (χ3v) is 10.3. The fourth-order valence-electron chi connectivity index (χ4n) is 7.24. The number of hydrogen-bond donors (Lipinski definition) is 2. The van der Waals surface area contributed by atoms with Crippen LogP contribution in [0, 0.1) is 11.6 Å². The van der Waals surface area contributed by atoms with Crippen molar-refractivity contribution < 1.29 is 17.9 Å². The number of hydrogen-bond acceptors (Lipinski definition) is 9. The Balaban J connectivity index is 0.000000283. The fourth-order valence-corrected chi connectivity index (χ4v) is 8.30. The van der Waals surface area contributed by atoms with Crippen molar-refractivity contribution in [3.05, 3.63) is 34.9 Å². The molecule has 4 fully saturated rings. The van der Waals surface area contributed by atoms with E-state index in [1.54, 1.807) is 6.07 Å². The summed E-state index contributed by atoms with van der Waals surface area (Å²) in [5, 5.41) is 4.35. The Kier molecular flexibility index (Phi) is 7.73. The molecular weight excluding hydrogens is 599 g/mol. The number of nitrogen functional groups attached to an aromatic ring is 1. The molecule has 13 heteroatoms. The molecule has 4 aliphatic heterocycles. The number of halogens is 4. The number of anilines is 2. The van der Waals surface area contributed by atoms with E-state index >= 15 is 4.39 Å². The molecule has 4 saturated heterocycles. The maximum atomic E-state index is 16.2. The lowest BCUT2D eigenvalue weighted by molar-refractivity contribution is 0.292. The monoisotopic (exact) mass is 631 g/mol. The third-order valence-electron chi connectivity index (χ3n) is 9.13. The minimum absolute atomic E-state index is 0.0773. The first-order valence-electron chi connectivity index (χ1n) is 14.8. The van der Waals surface area contributed by atoms with E-state index in [2.05, 4.69) is 30.1 Å². The summed E-state index contributed by atoms with van der Waals surface area (Å²) in [6.45, 7) is 3.52. The van der Waals surface area contributed by atoms with Crippen LogP contribution in [-0.2, 0) is 0 Å². The number of nitrogens with zero attached hydrogens (tertiary/aromatic N) is 5. The molecule has 2 aromatic heterocycles. The Labute approximate surface area is 256 Å². The van der Waals surface area contributed by atoms with Crippen molar-refractivity contribution in [1.29, 1.82) is 0 Å². The van der Waals surface area contributed by atoms with Crippen molar-refractivity contribution in [3.63, 3.8) is 0 Å². The minimum Gasteiger partial charge on any atom is -0.467 e. The average molecular weight is 632 g/mol. The van der Waals surface area contributed by atoms with Crippen LogP contribution >= 0.6 is 22.9 Å². The number of nitrogens with two attached hydrogens (primary N) is 1. The highest BCUT2D eigenvalue weighted by molar-refractivity contribution is 7.22. The van der Waals surface area contributed by atoms with Gasteiger partial charge in [0.2, 0.25) is 0 Å². The van der Waals surface area contributed by atoms with Crippen molar-refractivity contribution in [2.45, 2.75) is 62.8 Å². The van der Waals surface area contributed by atoms with Gasteiger partial charge in [-0.2, -0.15) is 9.97 Å². The first-order chi connectivity index (χ1) is 20.8. The topological polar surface area (TPSA) is 92.4 Å². The molecule has 4 atom stereocenters. The van der Waals surface area contributed by atoms with Crippen molar-refractivity contribution in [2.24, 2.45) is 0 Å². The molecule has 43 heavy (non-hydrogen) atoms. The van der Waals surface area contributed by atoms with Crippen LogP contribution in [-0.4, -0.2) is 77.4 Å². The zero-order valence-corrected chi connectivity index (χ0v) is 25.3. The number of nitrogens with one attached hydrogen (secondary N) is 1. The molecule has 3 N–H and O–H groups in total. The summed E-state index contributed by atoms with van der Waals surface area (Å²) in [5.41, 5.74) is 6.63. The van der Waals surface area contributed by atoms with Crippen LogP contribution in [0.5, 0.6) is 6.01 Å². The Morgan fingerprint density at radius 2 is 1.81 bits per heavy atom. The zero-order valence-electron chi connectivity index (χ0n) is 23.8. The molecule has 0 spiro atoms. The predicted molar refractivity (Wildman–Crippen MR) is 165 cm³/mol. The number of ether oxygens (including phenoxy) is 1. The molecular formula is C30H33ClF3N7OS. The van der Waals surface area contributed by atoms with E-state index in [0.717, 1.165) is 56.7 Å². The SMILES string of the molecule is COc1nc(N2C3CCCC2CNC3)c2cc(Cl)c(-c3ccc(F)c4sc(N)nc34)c(F)c2n1.FC1CC2CCCN2C1. The molecule has 4 unspecified atom stereocenters. The van der Waals surface area contributed by atoms with Gasteiger partial charge in [-0.1, -0.05) is 22.9 Å². The molecule has 8 rings (SSSR count).